The lowest BCUT2D eigenvalue weighted by molar-refractivity contribution is 0.102. The number of halogens is 3. The first kappa shape index (κ1) is 13.8. The highest BCUT2D eigenvalue weighted by Gasteiger charge is 2.11. The van der Waals surface area contributed by atoms with Crippen LogP contribution in [0.25, 0.3) is 0 Å². The van der Waals surface area contributed by atoms with E-state index in [2.05, 4.69) is 43.8 Å². The van der Waals surface area contributed by atoms with Gasteiger partial charge in [0.2, 0.25) is 0 Å². The van der Waals surface area contributed by atoms with Gasteiger partial charge in [-0.1, -0.05) is 29.8 Å². The van der Waals surface area contributed by atoms with E-state index in [1.165, 1.54) is 0 Å². The molecule has 2 aromatic carbocycles. The molecule has 0 bridgehead atoms. The van der Waals surface area contributed by atoms with E-state index in [4.69, 9.17) is 11.6 Å². The molecule has 0 unspecified atom stereocenters. The summed E-state index contributed by atoms with van der Waals surface area (Å²) in [5.74, 6) is -0.150. The van der Waals surface area contributed by atoms with Crippen LogP contribution in [0, 0.1) is 3.57 Å². The van der Waals surface area contributed by atoms with Gasteiger partial charge in [0.15, 0.2) is 0 Å². The van der Waals surface area contributed by atoms with Crippen LogP contribution in [-0.2, 0) is 0 Å². The van der Waals surface area contributed by atoms with Crippen LogP contribution in [-0.4, -0.2) is 5.91 Å². The summed E-state index contributed by atoms with van der Waals surface area (Å²) in [5.41, 5.74) is 1.30. The fourth-order valence-corrected chi connectivity index (χ4v) is 2.61. The van der Waals surface area contributed by atoms with E-state index in [1.807, 2.05) is 18.2 Å². The van der Waals surface area contributed by atoms with Crippen molar-refractivity contribution >= 4 is 61.7 Å². The molecule has 0 spiro atoms. The van der Waals surface area contributed by atoms with Gasteiger partial charge in [0.05, 0.1) is 20.7 Å². The van der Waals surface area contributed by atoms with Crippen LogP contribution in [0.4, 0.5) is 5.69 Å². The second-order valence-corrected chi connectivity index (χ2v) is 5.90. The standard InChI is InChI=1S/C13H8BrClINO/c14-12-9(15)5-3-7-11(12)17-13(18)8-4-1-2-6-10(8)16/h1-7H,(H,17,18). The van der Waals surface area contributed by atoms with Crippen molar-refractivity contribution in [3.63, 3.8) is 0 Å². The third-order valence-electron chi connectivity index (χ3n) is 2.32. The number of carbonyl (C=O) groups is 1. The zero-order valence-corrected chi connectivity index (χ0v) is 13.6. The lowest BCUT2D eigenvalue weighted by atomic mass is 10.2. The Morgan fingerprint density at radius 1 is 1.17 bits per heavy atom. The predicted octanol–water partition coefficient (Wildman–Crippen LogP) is 4.96. The zero-order valence-electron chi connectivity index (χ0n) is 9.08. The van der Waals surface area contributed by atoms with Crippen LogP contribution in [0.2, 0.25) is 5.02 Å². The minimum atomic E-state index is -0.150. The van der Waals surface area contributed by atoms with Gasteiger partial charge in [-0.2, -0.15) is 0 Å². The summed E-state index contributed by atoms with van der Waals surface area (Å²) in [7, 11) is 0. The number of hydrogen-bond donors (Lipinski definition) is 1. The van der Waals surface area contributed by atoms with Crippen molar-refractivity contribution in [2.45, 2.75) is 0 Å². The molecule has 0 aliphatic carbocycles. The smallest absolute Gasteiger partial charge is 0.256 e. The molecule has 0 aliphatic heterocycles. The quantitative estimate of drug-likeness (QED) is 0.663. The summed E-state index contributed by atoms with van der Waals surface area (Å²) >= 11 is 11.5. The largest absolute Gasteiger partial charge is 0.321 e. The normalized spacial score (nSPS) is 10.2. The summed E-state index contributed by atoms with van der Waals surface area (Å²) < 4.78 is 1.59. The van der Waals surface area contributed by atoms with Crippen LogP contribution < -0.4 is 5.32 Å². The van der Waals surface area contributed by atoms with Gasteiger partial charge in [-0.3, -0.25) is 4.79 Å². The van der Waals surface area contributed by atoms with Gasteiger partial charge in [0.25, 0.3) is 5.91 Å². The van der Waals surface area contributed by atoms with Gasteiger partial charge < -0.3 is 5.32 Å². The Kier molecular flexibility index (Phi) is 4.64. The van der Waals surface area contributed by atoms with Crippen LogP contribution in [0.3, 0.4) is 0 Å². The minimum absolute atomic E-state index is 0.150. The molecular formula is C13H8BrClINO. The van der Waals surface area contributed by atoms with Crippen molar-refractivity contribution in [2.24, 2.45) is 0 Å². The van der Waals surface area contributed by atoms with Crippen molar-refractivity contribution in [3.8, 4) is 0 Å². The predicted molar refractivity (Wildman–Crippen MR) is 86.3 cm³/mol. The lowest BCUT2D eigenvalue weighted by Gasteiger charge is -2.09. The molecule has 18 heavy (non-hydrogen) atoms. The Morgan fingerprint density at radius 3 is 2.61 bits per heavy atom. The van der Waals surface area contributed by atoms with Crippen LogP contribution >= 0.6 is 50.1 Å². The van der Waals surface area contributed by atoms with E-state index < -0.39 is 0 Å². The third kappa shape index (κ3) is 3.05. The fourth-order valence-electron chi connectivity index (χ4n) is 1.44. The van der Waals surface area contributed by atoms with Crippen LogP contribution in [0.15, 0.2) is 46.9 Å². The molecule has 1 N–H and O–H groups in total. The molecule has 0 heterocycles. The van der Waals surface area contributed by atoms with Gasteiger partial charge in [0, 0.05) is 3.57 Å². The molecule has 0 aromatic heterocycles. The highest BCUT2D eigenvalue weighted by molar-refractivity contribution is 14.1. The highest BCUT2D eigenvalue weighted by atomic mass is 127. The third-order valence-corrected chi connectivity index (χ3v) is 4.66. The Labute approximate surface area is 132 Å². The molecule has 0 radical (unpaired) electrons. The number of amides is 1. The number of hydrogen-bond acceptors (Lipinski definition) is 1. The van der Waals surface area contributed by atoms with Crippen molar-refractivity contribution in [3.05, 3.63) is 61.1 Å². The topological polar surface area (TPSA) is 29.1 Å². The average molecular weight is 436 g/mol. The van der Waals surface area contributed by atoms with Crippen LogP contribution in [0.1, 0.15) is 10.4 Å². The summed E-state index contributed by atoms with van der Waals surface area (Å²) in [5, 5.41) is 3.40. The molecule has 0 saturated carbocycles. The minimum Gasteiger partial charge on any atom is -0.321 e. The zero-order chi connectivity index (χ0) is 13.1. The van der Waals surface area contributed by atoms with Gasteiger partial charge in [-0.15, -0.1) is 0 Å². The number of benzene rings is 2. The Morgan fingerprint density at radius 2 is 1.89 bits per heavy atom. The molecule has 2 nitrogen and oxygen atoms in total. The molecule has 0 aliphatic rings. The SMILES string of the molecule is O=C(Nc1cccc(Cl)c1Br)c1ccccc1I. The number of anilines is 1. The first-order valence-corrected chi connectivity index (χ1v) is 7.34. The molecule has 0 fully saturated rings. The van der Waals surface area contributed by atoms with E-state index in [0.29, 0.717) is 20.7 Å². The Balaban J connectivity index is 2.27. The first-order chi connectivity index (χ1) is 8.59. The van der Waals surface area contributed by atoms with Gasteiger partial charge >= 0.3 is 0 Å². The summed E-state index contributed by atoms with van der Waals surface area (Å²) in [6, 6.07) is 12.8. The lowest BCUT2D eigenvalue weighted by Crippen LogP contribution is -2.13. The average Bonchev–Trinajstić information content (AvgIpc) is 2.35. The second kappa shape index (κ2) is 6.04. The van der Waals surface area contributed by atoms with Gasteiger partial charge in [0.1, 0.15) is 0 Å². The monoisotopic (exact) mass is 435 g/mol. The van der Waals surface area contributed by atoms with Crippen molar-refractivity contribution in [1.29, 1.82) is 0 Å². The summed E-state index contributed by atoms with van der Waals surface area (Å²) in [6.45, 7) is 0. The van der Waals surface area contributed by atoms with Crippen LogP contribution in [0.5, 0.6) is 0 Å². The maximum atomic E-state index is 12.1. The molecule has 5 heteroatoms. The molecule has 0 saturated heterocycles. The van der Waals surface area contributed by atoms with Crippen molar-refractivity contribution in [1.82, 2.24) is 0 Å². The maximum Gasteiger partial charge on any atom is 0.256 e. The van der Waals surface area contributed by atoms with Crippen molar-refractivity contribution in [2.75, 3.05) is 5.32 Å². The molecule has 92 valence electrons. The van der Waals surface area contributed by atoms with E-state index in [0.717, 1.165) is 3.57 Å². The van der Waals surface area contributed by atoms with E-state index >= 15 is 0 Å². The summed E-state index contributed by atoms with van der Waals surface area (Å²) in [4.78, 5) is 12.1. The molecule has 2 aromatic rings. The molecule has 0 atom stereocenters. The molecule has 1 amide bonds. The number of carbonyl (C=O) groups excluding carboxylic acids is 1. The van der Waals surface area contributed by atoms with E-state index in [9.17, 15) is 4.79 Å². The first-order valence-electron chi connectivity index (χ1n) is 5.09. The van der Waals surface area contributed by atoms with Gasteiger partial charge in [-0.05, 0) is 62.8 Å². The number of nitrogens with one attached hydrogen (secondary N) is 1. The second-order valence-electron chi connectivity index (χ2n) is 3.54. The van der Waals surface area contributed by atoms with E-state index in [-0.39, 0.29) is 5.91 Å². The molecular weight excluding hydrogens is 428 g/mol. The molecule has 2 rings (SSSR count). The Hall–Kier alpha value is -0.590. The Bertz CT molecular complexity index is 603. The maximum absolute atomic E-state index is 12.1. The van der Waals surface area contributed by atoms with Gasteiger partial charge in [-0.25, -0.2) is 0 Å². The fraction of sp³-hybridized carbons (Fsp3) is 0. The van der Waals surface area contributed by atoms with E-state index in [1.54, 1.807) is 24.3 Å². The van der Waals surface area contributed by atoms with Crippen molar-refractivity contribution < 1.29 is 4.79 Å². The number of rotatable bonds is 2. The summed E-state index contributed by atoms with van der Waals surface area (Å²) in [6.07, 6.45) is 0. The highest BCUT2D eigenvalue weighted by Crippen LogP contribution is 2.30.